The average Bonchev–Trinajstić information content (AvgIpc) is 2.86. The molecule has 0 saturated carbocycles. The topological polar surface area (TPSA) is 88.9 Å². The fraction of sp³-hybridized carbons (Fsp3) is 0.286. The molecule has 128 valence electrons. The lowest BCUT2D eigenvalue weighted by Gasteiger charge is -2.07. The molecule has 0 aliphatic heterocycles. The minimum Gasteiger partial charge on any atom is -0.346 e. The smallest absolute Gasteiger partial charge is 0.243 e. The molecule has 0 bridgehead atoms. The maximum absolute atomic E-state index is 13.0. The molecule has 0 fully saturated rings. The van der Waals surface area contributed by atoms with E-state index < -0.39 is 17.5 Å². The van der Waals surface area contributed by atoms with Crippen molar-refractivity contribution in [3.05, 3.63) is 35.7 Å². The van der Waals surface area contributed by atoms with Crippen LogP contribution >= 0.6 is 11.8 Å². The van der Waals surface area contributed by atoms with Crippen molar-refractivity contribution < 1.29 is 18.4 Å². The van der Waals surface area contributed by atoms with Crippen LogP contribution < -0.4 is 10.6 Å². The van der Waals surface area contributed by atoms with Gasteiger partial charge in [0.1, 0.15) is 5.82 Å². The molecule has 0 aliphatic carbocycles. The van der Waals surface area contributed by atoms with Gasteiger partial charge in [0.05, 0.1) is 12.3 Å². The van der Waals surface area contributed by atoms with Crippen molar-refractivity contribution in [1.82, 2.24) is 20.1 Å². The van der Waals surface area contributed by atoms with Gasteiger partial charge in [0.2, 0.25) is 11.8 Å². The number of aryl methyl sites for hydroxylation is 1. The largest absolute Gasteiger partial charge is 0.346 e. The Bertz CT molecular complexity index is 766. The van der Waals surface area contributed by atoms with Gasteiger partial charge in [-0.25, -0.2) is 8.78 Å². The van der Waals surface area contributed by atoms with Gasteiger partial charge < -0.3 is 15.2 Å². The van der Waals surface area contributed by atoms with Crippen molar-refractivity contribution in [3.8, 4) is 0 Å². The first-order chi connectivity index (χ1) is 11.4. The zero-order chi connectivity index (χ0) is 17.7. The second-order valence-electron chi connectivity index (χ2n) is 4.83. The number of benzene rings is 1. The van der Waals surface area contributed by atoms with E-state index in [1.165, 1.54) is 17.8 Å². The third kappa shape index (κ3) is 4.75. The fourth-order valence-corrected chi connectivity index (χ4v) is 2.44. The molecule has 0 saturated heterocycles. The van der Waals surface area contributed by atoms with E-state index in [0.29, 0.717) is 5.16 Å². The minimum absolute atomic E-state index is 0.0738. The summed E-state index contributed by atoms with van der Waals surface area (Å²) in [7, 11) is 1.78. The molecule has 2 amide bonds. The highest BCUT2D eigenvalue weighted by Gasteiger charge is 2.11. The number of carbonyl (C=O) groups is 2. The quantitative estimate of drug-likeness (QED) is 0.762. The van der Waals surface area contributed by atoms with Crippen LogP contribution in [0.3, 0.4) is 0 Å². The van der Waals surface area contributed by atoms with Gasteiger partial charge in [-0.3, -0.25) is 9.59 Å². The van der Waals surface area contributed by atoms with E-state index in [4.69, 9.17) is 0 Å². The van der Waals surface area contributed by atoms with E-state index in [0.717, 1.165) is 18.0 Å². The van der Waals surface area contributed by atoms with E-state index >= 15 is 0 Å². The van der Waals surface area contributed by atoms with Crippen LogP contribution in [0.25, 0.3) is 0 Å². The molecule has 0 radical (unpaired) electrons. The maximum Gasteiger partial charge on any atom is 0.243 e. The van der Waals surface area contributed by atoms with Crippen LogP contribution in [0.2, 0.25) is 0 Å². The predicted molar refractivity (Wildman–Crippen MR) is 84.5 cm³/mol. The summed E-state index contributed by atoms with van der Waals surface area (Å²) < 4.78 is 27.6. The Balaban J connectivity index is 1.75. The Kier molecular flexibility index (Phi) is 5.85. The molecule has 2 N–H and O–H groups in total. The highest BCUT2D eigenvalue weighted by molar-refractivity contribution is 7.99. The third-order valence-electron chi connectivity index (χ3n) is 3.03. The monoisotopic (exact) mass is 355 g/mol. The molecule has 2 aromatic rings. The normalized spacial score (nSPS) is 10.5. The summed E-state index contributed by atoms with van der Waals surface area (Å²) in [4.78, 5) is 23.4. The van der Waals surface area contributed by atoms with E-state index in [2.05, 4.69) is 20.8 Å². The number of anilines is 1. The lowest BCUT2D eigenvalue weighted by molar-refractivity contribution is -0.122. The van der Waals surface area contributed by atoms with Crippen LogP contribution in [-0.4, -0.2) is 38.9 Å². The molecule has 0 aliphatic rings. The van der Waals surface area contributed by atoms with Crippen LogP contribution in [0.15, 0.2) is 23.4 Å². The van der Waals surface area contributed by atoms with Crippen LogP contribution in [0.4, 0.5) is 14.5 Å². The van der Waals surface area contributed by atoms with Gasteiger partial charge in [-0.15, -0.1) is 10.2 Å². The molecule has 24 heavy (non-hydrogen) atoms. The summed E-state index contributed by atoms with van der Waals surface area (Å²) >= 11 is 1.19. The molecule has 0 atom stereocenters. The summed E-state index contributed by atoms with van der Waals surface area (Å²) in [5.74, 6) is -2.17. The Morgan fingerprint density at radius 1 is 1.21 bits per heavy atom. The Morgan fingerprint density at radius 3 is 2.58 bits per heavy atom. The van der Waals surface area contributed by atoms with Gasteiger partial charge >= 0.3 is 0 Å². The average molecular weight is 355 g/mol. The van der Waals surface area contributed by atoms with Crippen molar-refractivity contribution in [2.24, 2.45) is 7.05 Å². The first-order valence-electron chi connectivity index (χ1n) is 6.87. The second kappa shape index (κ2) is 7.86. The number of amides is 2. The Hall–Kier alpha value is -2.49. The summed E-state index contributed by atoms with van der Waals surface area (Å²) in [6, 6.07) is 2.99. The summed E-state index contributed by atoms with van der Waals surface area (Å²) in [6.45, 7) is 1.51. The highest BCUT2D eigenvalue weighted by Crippen LogP contribution is 2.15. The number of aromatic nitrogens is 3. The maximum atomic E-state index is 13.0. The first-order valence-corrected chi connectivity index (χ1v) is 7.85. The lowest BCUT2D eigenvalue weighted by Crippen LogP contribution is -2.34. The number of hydrogen-bond acceptors (Lipinski definition) is 5. The minimum atomic E-state index is -1.06. The summed E-state index contributed by atoms with van der Waals surface area (Å²) in [5.41, 5.74) is 0.108. The molecule has 1 aromatic heterocycles. The van der Waals surface area contributed by atoms with Gasteiger partial charge in [0.25, 0.3) is 0 Å². The number of thioether (sulfide) groups is 1. The number of hydrogen-bond donors (Lipinski definition) is 2. The van der Waals surface area contributed by atoms with Gasteiger partial charge in [-0.05, 0) is 19.1 Å². The predicted octanol–water partition coefficient (Wildman–Crippen LogP) is 1.25. The zero-order valence-corrected chi connectivity index (χ0v) is 13.8. The molecular formula is C14H15F2N5O2S. The number of carbonyl (C=O) groups excluding carboxylic acids is 2. The molecule has 0 unspecified atom stereocenters. The van der Waals surface area contributed by atoms with E-state index in [1.54, 1.807) is 18.5 Å². The fourth-order valence-electron chi connectivity index (χ4n) is 1.65. The SMILES string of the molecule is Cc1nnc(SCC(=O)NCC(=O)Nc2ccc(F)c(F)c2)n1C. The van der Waals surface area contributed by atoms with Crippen LogP contribution in [0.5, 0.6) is 0 Å². The van der Waals surface area contributed by atoms with Crippen molar-refractivity contribution in [2.75, 3.05) is 17.6 Å². The summed E-state index contributed by atoms with van der Waals surface area (Å²) in [5, 5.41) is 13.1. The standard InChI is InChI=1S/C14H15F2N5O2S/c1-8-19-20-14(21(8)2)24-7-13(23)17-6-12(22)18-9-3-4-10(15)11(16)5-9/h3-5H,6-7H2,1-2H3,(H,17,23)(H,18,22). The van der Waals surface area contributed by atoms with Gasteiger partial charge in [0.15, 0.2) is 16.8 Å². The van der Waals surface area contributed by atoms with Crippen LogP contribution in [-0.2, 0) is 16.6 Å². The Morgan fingerprint density at radius 2 is 1.96 bits per heavy atom. The van der Waals surface area contributed by atoms with Crippen LogP contribution in [0.1, 0.15) is 5.82 Å². The molecule has 10 heteroatoms. The Labute approximate surface area is 140 Å². The molecule has 1 heterocycles. The molecule has 1 aromatic carbocycles. The van der Waals surface area contributed by atoms with E-state index in [-0.39, 0.29) is 23.9 Å². The van der Waals surface area contributed by atoms with Gasteiger partial charge in [-0.2, -0.15) is 0 Å². The molecule has 0 spiro atoms. The number of nitrogens with zero attached hydrogens (tertiary/aromatic N) is 3. The zero-order valence-electron chi connectivity index (χ0n) is 13.0. The van der Waals surface area contributed by atoms with E-state index in [1.807, 2.05) is 0 Å². The van der Waals surface area contributed by atoms with E-state index in [9.17, 15) is 18.4 Å². The van der Waals surface area contributed by atoms with Crippen molar-refractivity contribution in [3.63, 3.8) is 0 Å². The number of halogens is 2. The third-order valence-corrected chi connectivity index (χ3v) is 4.05. The lowest BCUT2D eigenvalue weighted by atomic mass is 10.3. The summed E-state index contributed by atoms with van der Waals surface area (Å²) in [6.07, 6.45) is 0. The van der Waals surface area contributed by atoms with Gasteiger partial charge in [-0.1, -0.05) is 11.8 Å². The van der Waals surface area contributed by atoms with Crippen molar-refractivity contribution in [2.45, 2.75) is 12.1 Å². The molecule has 2 rings (SSSR count). The number of nitrogens with one attached hydrogen (secondary N) is 2. The van der Waals surface area contributed by atoms with Crippen LogP contribution in [0, 0.1) is 18.6 Å². The van der Waals surface area contributed by atoms with Gasteiger partial charge in [0, 0.05) is 18.8 Å². The molecule has 7 nitrogen and oxygen atoms in total. The van der Waals surface area contributed by atoms with Crippen molar-refractivity contribution >= 4 is 29.3 Å². The highest BCUT2D eigenvalue weighted by atomic mass is 32.2. The first kappa shape index (κ1) is 17.9. The number of rotatable bonds is 6. The second-order valence-corrected chi connectivity index (χ2v) is 5.77. The van der Waals surface area contributed by atoms with Crippen molar-refractivity contribution in [1.29, 1.82) is 0 Å². The molecular weight excluding hydrogens is 340 g/mol.